The monoisotopic (exact) mass is 329 g/mol. The summed E-state index contributed by atoms with van der Waals surface area (Å²) in [5, 5.41) is 2.76. The Labute approximate surface area is 136 Å². The highest BCUT2D eigenvalue weighted by atomic mass is 19.1. The van der Waals surface area contributed by atoms with Crippen LogP contribution in [0.4, 0.5) is 10.1 Å². The van der Waals surface area contributed by atoms with Crippen molar-refractivity contribution >= 4 is 22.6 Å². The van der Waals surface area contributed by atoms with Crippen molar-refractivity contribution in [2.45, 2.75) is 12.8 Å². The maximum absolute atomic E-state index is 13.6. The Balaban J connectivity index is 1.62. The molecule has 1 heterocycles. The lowest BCUT2D eigenvalue weighted by atomic mass is 10.1. The molecule has 6 nitrogen and oxygen atoms in total. The molecule has 0 spiro atoms. The van der Waals surface area contributed by atoms with E-state index in [1.165, 1.54) is 13.2 Å². The van der Waals surface area contributed by atoms with E-state index in [-0.39, 0.29) is 23.8 Å². The Morgan fingerprint density at radius 2 is 1.96 bits per heavy atom. The number of carbonyl (C=O) groups excluding carboxylic acids is 1. The fourth-order valence-corrected chi connectivity index (χ4v) is 2.46. The summed E-state index contributed by atoms with van der Waals surface area (Å²) >= 11 is 0. The van der Waals surface area contributed by atoms with Gasteiger partial charge in [0.05, 0.1) is 18.1 Å². The lowest BCUT2D eigenvalue weighted by Crippen LogP contribution is -2.12. The molecule has 0 fully saturated rings. The van der Waals surface area contributed by atoms with Crippen LogP contribution in [0.25, 0.3) is 11.0 Å². The summed E-state index contributed by atoms with van der Waals surface area (Å²) in [5.41, 5.74) is 2.30. The number of benzene rings is 2. The second-order valence-corrected chi connectivity index (χ2v) is 5.36. The molecule has 0 radical (unpaired) electrons. The molecule has 0 atom stereocenters. The maximum Gasteiger partial charge on any atom is 0.323 e. The van der Waals surface area contributed by atoms with Crippen LogP contribution < -0.4 is 15.7 Å². The number of nitrogens with one attached hydrogen (secondary N) is 3. The van der Waals surface area contributed by atoms with Crippen LogP contribution in [0.1, 0.15) is 12.0 Å². The number of hydrogen-bond donors (Lipinski definition) is 3. The lowest BCUT2D eigenvalue weighted by Gasteiger charge is -2.07. The third-order valence-electron chi connectivity index (χ3n) is 3.66. The third kappa shape index (κ3) is 3.45. The van der Waals surface area contributed by atoms with Crippen molar-refractivity contribution in [2.24, 2.45) is 0 Å². The zero-order valence-electron chi connectivity index (χ0n) is 13.0. The third-order valence-corrected chi connectivity index (χ3v) is 3.66. The van der Waals surface area contributed by atoms with Gasteiger partial charge >= 0.3 is 5.69 Å². The first-order valence-corrected chi connectivity index (χ1v) is 7.39. The lowest BCUT2D eigenvalue weighted by molar-refractivity contribution is -0.116. The number of carbonyl (C=O) groups is 1. The van der Waals surface area contributed by atoms with Crippen LogP contribution in [0, 0.1) is 5.82 Å². The van der Waals surface area contributed by atoms with E-state index in [4.69, 9.17) is 4.74 Å². The summed E-state index contributed by atoms with van der Waals surface area (Å²) in [4.78, 5) is 28.5. The molecule has 0 aliphatic carbocycles. The number of amides is 1. The summed E-state index contributed by atoms with van der Waals surface area (Å²) in [6, 6.07) is 9.73. The largest absolute Gasteiger partial charge is 0.494 e. The summed E-state index contributed by atoms with van der Waals surface area (Å²) < 4.78 is 18.5. The van der Waals surface area contributed by atoms with Gasteiger partial charge in [0.25, 0.3) is 0 Å². The Bertz CT molecular complexity index is 946. The minimum Gasteiger partial charge on any atom is -0.494 e. The van der Waals surface area contributed by atoms with Crippen LogP contribution in [0.5, 0.6) is 5.75 Å². The van der Waals surface area contributed by atoms with Crippen molar-refractivity contribution in [3.63, 3.8) is 0 Å². The molecule has 124 valence electrons. The maximum atomic E-state index is 13.6. The van der Waals surface area contributed by atoms with Crippen molar-refractivity contribution in [1.82, 2.24) is 9.97 Å². The first-order chi connectivity index (χ1) is 11.5. The average Bonchev–Trinajstić information content (AvgIpc) is 2.92. The normalized spacial score (nSPS) is 10.8. The summed E-state index contributed by atoms with van der Waals surface area (Å²) in [6.07, 6.45) is 0.628. The highest BCUT2D eigenvalue weighted by Gasteiger charge is 2.07. The van der Waals surface area contributed by atoms with Gasteiger partial charge in [-0.25, -0.2) is 9.18 Å². The molecule has 0 aliphatic heterocycles. The van der Waals surface area contributed by atoms with Crippen LogP contribution in [0.15, 0.2) is 41.2 Å². The van der Waals surface area contributed by atoms with E-state index in [1.54, 1.807) is 30.3 Å². The molecule has 3 N–H and O–H groups in total. The second kappa shape index (κ2) is 6.57. The van der Waals surface area contributed by atoms with Crippen LogP contribution in [0.2, 0.25) is 0 Å². The molecule has 1 aromatic heterocycles. The van der Waals surface area contributed by atoms with Gasteiger partial charge in [0.2, 0.25) is 5.91 Å². The Kier molecular flexibility index (Phi) is 4.33. The predicted octanol–water partition coefficient (Wildman–Crippen LogP) is 2.58. The molecule has 1 amide bonds. The molecule has 24 heavy (non-hydrogen) atoms. The van der Waals surface area contributed by atoms with Gasteiger partial charge in [0, 0.05) is 12.1 Å². The molecule has 7 heteroatoms. The SMILES string of the molecule is COc1ccc(CCC(=O)Nc2ccc3[nH]c(=O)[nH]c3c2)cc1F. The molecule has 0 aliphatic rings. The van der Waals surface area contributed by atoms with E-state index >= 15 is 0 Å². The summed E-state index contributed by atoms with van der Waals surface area (Å²) in [5.74, 6) is -0.460. The van der Waals surface area contributed by atoms with Crippen LogP contribution in [-0.2, 0) is 11.2 Å². The number of H-pyrrole nitrogens is 2. The fourth-order valence-electron chi connectivity index (χ4n) is 2.46. The molecule has 0 bridgehead atoms. The number of methoxy groups -OCH3 is 1. The van der Waals surface area contributed by atoms with Gasteiger partial charge in [-0.1, -0.05) is 6.07 Å². The predicted molar refractivity (Wildman–Crippen MR) is 88.8 cm³/mol. The van der Waals surface area contributed by atoms with Gasteiger partial charge in [0.1, 0.15) is 0 Å². The van der Waals surface area contributed by atoms with Crippen molar-refractivity contribution in [3.05, 3.63) is 58.3 Å². The number of fused-ring (bicyclic) bond motifs is 1. The Hall–Kier alpha value is -3.09. The van der Waals surface area contributed by atoms with E-state index in [2.05, 4.69) is 15.3 Å². The van der Waals surface area contributed by atoms with Crippen LogP contribution in [-0.4, -0.2) is 23.0 Å². The first kappa shape index (κ1) is 15.8. The minimum atomic E-state index is -0.447. The van der Waals surface area contributed by atoms with E-state index in [1.807, 2.05) is 0 Å². The van der Waals surface area contributed by atoms with Crippen molar-refractivity contribution in [2.75, 3.05) is 12.4 Å². The number of ether oxygens (including phenoxy) is 1. The van der Waals surface area contributed by atoms with E-state index in [0.29, 0.717) is 28.7 Å². The number of anilines is 1. The number of rotatable bonds is 5. The zero-order valence-corrected chi connectivity index (χ0v) is 13.0. The smallest absolute Gasteiger partial charge is 0.323 e. The number of imidazole rings is 1. The highest BCUT2D eigenvalue weighted by Crippen LogP contribution is 2.19. The first-order valence-electron chi connectivity index (χ1n) is 7.39. The van der Waals surface area contributed by atoms with Crippen LogP contribution in [0.3, 0.4) is 0 Å². The molecule has 2 aromatic carbocycles. The number of aryl methyl sites for hydroxylation is 1. The van der Waals surface area contributed by atoms with E-state index in [9.17, 15) is 14.0 Å². The van der Waals surface area contributed by atoms with Gasteiger partial charge in [0.15, 0.2) is 11.6 Å². The number of hydrogen-bond acceptors (Lipinski definition) is 3. The van der Waals surface area contributed by atoms with Crippen molar-refractivity contribution in [1.29, 1.82) is 0 Å². The van der Waals surface area contributed by atoms with Crippen LogP contribution >= 0.6 is 0 Å². The fraction of sp³-hybridized carbons (Fsp3) is 0.176. The second-order valence-electron chi connectivity index (χ2n) is 5.36. The van der Waals surface area contributed by atoms with Crippen molar-refractivity contribution in [3.8, 4) is 5.75 Å². The average molecular weight is 329 g/mol. The minimum absolute atomic E-state index is 0.178. The molecular formula is C17H16FN3O3. The number of aromatic nitrogens is 2. The van der Waals surface area contributed by atoms with E-state index < -0.39 is 5.82 Å². The van der Waals surface area contributed by atoms with Gasteiger partial charge < -0.3 is 20.0 Å². The topological polar surface area (TPSA) is 87.0 Å². The standard InChI is InChI=1S/C17H16FN3O3/c1-24-15-6-2-10(8-12(15)18)3-7-16(22)19-11-4-5-13-14(9-11)21-17(23)20-13/h2,4-6,8-9H,3,7H2,1H3,(H,19,22)(H2,20,21,23). The quantitative estimate of drug-likeness (QED) is 0.672. The highest BCUT2D eigenvalue weighted by molar-refractivity contribution is 5.93. The van der Waals surface area contributed by atoms with Gasteiger partial charge in [-0.15, -0.1) is 0 Å². The molecule has 0 saturated heterocycles. The van der Waals surface area contributed by atoms with Gasteiger partial charge in [-0.3, -0.25) is 4.79 Å². The Morgan fingerprint density at radius 1 is 1.17 bits per heavy atom. The number of aromatic amines is 2. The molecule has 3 aromatic rings. The molecular weight excluding hydrogens is 313 g/mol. The van der Waals surface area contributed by atoms with Gasteiger partial charge in [-0.2, -0.15) is 0 Å². The summed E-state index contributed by atoms with van der Waals surface area (Å²) in [7, 11) is 1.40. The number of halogens is 1. The zero-order chi connectivity index (χ0) is 17.1. The van der Waals surface area contributed by atoms with E-state index in [0.717, 1.165) is 0 Å². The van der Waals surface area contributed by atoms with Gasteiger partial charge in [-0.05, 0) is 42.3 Å². The Morgan fingerprint density at radius 3 is 2.71 bits per heavy atom. The summed E-state index contributed by atoms with van der Waals surface area (Å²) in [6.45, 7) is 0. The molecule has 3 rings (SSSR count). The molecule has 0 saturated carbocycles. The molecule has 0 unspecified atom stereocenters. The van der Waals surface area contributed by atoms with Crippen molar-refractivity contribution < 1.29 is 13.9 Å².